The third kappa shape index (κ3) is 6.48. The van der Waals surface area contributed by atoms with Crippen molar-refractivity contribution in [3.05, 3.63) is 117 Å². The van der Waals surface area contributed by atoms with Crippen LogP contribution >= 0.6 is 23.2 Å². The molecule has 0 unspecified atom stereocenters. The molecule has 0 atom stereocenters. The lowest BCUT2D eigenvalue weighted by atomic mass is 9.99. The normalized spacial score (nSPS) is 13.2. The van der Waals surface area contributed by atoms with Crippen molar-refractivity contribution in [2.24, 2.45) is 13.0 Å². The molecule has 12 heteroatoms. The fourth-order valence-corrected chi connectivity index (χ4v) is 6.11. The highest BCUT2D eigenvalue weighted by atomic mass is 35.5. The lowest BCUT2D eigenvalue weighted by Crippen LogP contribution is -2.49. The van der Waals surface area contributed by atoms with Crippen LogP contribution in [0.15, 0.2) is 84.6 Å². The van der Waals surface area contributed by atoms with Gasteiger partial charge in [-0.2, -0.15) is 0 Å². The molecule has 1 fully saturated rings. The van der Waals surface area contributed by atoms with Gasteiger partial charge in [-0.1, -0.05) is 60.1 Å². The van der Waals surface area contributed by atoms with Crippen molar-refractivity contribution < 1.29 is 14.3 Å². The predicted octanol–water partition coefficient (Wildman–Crippen LogP) is 6.55. The Morgan fingerprint density at radius 1 is 1.04 bits per heavy atom. The van der Waals surface area contributed by atoms with Crippen LogP contribution in [0.25, 0.3) is 28.1 Å². The maximum absolute atomic E-state index is 13.1. The molecule has 2 aromatic carbocycles. The summed E-state index contributed by atoms with van der Waals surface area (Å²) in [7, 11) is 2.98. The zero-order chi connectivity index (χ0) is 33.2. The molecule has 0 aliphatic carbocycles. The summed E-state index contributed by atoms with van der Waals surface area (Å²) >= 11 is 13.8. The van der Waals surface area contributed by atoms with Crippen molar-refractivity contribution in [1.29, 1.82) is 0 Å². The van der Waals surface area contributed by atoms with Crippen LogP contribution in [0, 0.1) is 5.92 Å². The number of carbonyl (C=O) groups excluding carboxylic acids is 2. The van der Waals surface area contributed by atoms with Crippen LogP contribution < -0.4 is 16.2 Å². The standard InChI is InChI=1S/C35H30Cl2N6O4/c1-4-20-14-26(34(45)42(2)16-20)33(44)41-28-10-6-8-25(30(28)37)24-7-5-9-27(29(24)36)40-32-31-22(11-12-38-32)13-21(15-39-31)17-43-18-23(19-43)35(46)47-3/h4-16,23H,1,17-19H2,2-3H3,(H,38,40)(H,41,44). The monoisotopic (exact) mass is 668 g/mol. The van der Waals surface area contributed by atoms with E-state index >= 15 is 0 Å². The number of pyridine rings is 3. The number of hydrogen-bond acceptors (Lipinski definition) is 8. The predicted molar refractivity (Wildman–Crippen MR) is 185 cm³/mol. The fraction of sp³-hybridized carbons (Fsp3) is 0.171. The van der Waals surface area contributed by atoms with E-state index in [0.29, 0.717) is 64.1 Å². The number of benzene rings is 2. The lowest BCUT2D eigenvalue weighted by molar-refractivity contribution is -0.151. The highest BCUT2D eigenvalue weighted by Crippen LogP contribution is 2.41. The molecule has 4 heterocycles. The first-order valence-corrected chi connectivity index (χ1v) is 15.4. The Morgan fingerprint density at radius 2 is 1.74 bits per heavy atom. The minimum Gasteiger partial charge on any atom is -0.469 e. The number of aromatic nitrogens is 3. The Hall–Kier alpha value is -5.03. The molecule has 10 nitrogen and oxygen atoms in total. The Kier molecular flexibility index (Phi) is 9.08. The van der Waals surface area contributed by atoms with E-state index in [2.05, 4.69) is 33.2 Å². The molecule has 238 valence electrons. The molecule has 0 bridgehead atoms. The van der Waals surface area contributed by atoms with Gasteiger partial charge in [-0.25, -0.2) is 4.98 Å². The molecule has 0 spiro atoms. The van der Waals surface area contributed by atoms with Gasteiger partial charge in [0.1, 0.15) is 11.1 Å². The van der Waals surface area contributed by atoms with Gasteiger partial charge in [0.25, 0.3) is 11.5 Å². The average Bonchev–Trinajstić information content (AvgIpc) is 3.05. The van der Waals surface area contributed by atoms with E-state index < -0.39 is 11.5 Å². The largest absolute Gasteiger partial charge is 0.469 e. The third-order valence-electron chi connectivity index (χ3n) is 8.03. The molecule has 0 radical (unpaired) electrons. The van der Waals surface area contributed by atoms with Crippen LogP contribution in [0.1, 0.15) is 21.5 Å². The van der Waals surface area contributed by atoms with E-state index in [1.807, 2.05) is 30.5 Å². The summed E-state index contributed by atoms with van der Waals surface area (Å²) in [6.07, 6.45) is 6.67. The highest BCUT2D eigenvalue weighted by molar-refractivity contribution is 6.39. The first-order valence-electron chi connectivity index (χ1n) is 14.7. The minimum absolute atomic E-state index is 0.0355. The van der Waals surface area contributed by atoms with Gasteiger partial charge in [-0.3, -0.25) is 24.3 Å². The quantitative estimate of drug-likeness (QED) is 0.170. The summed E-state index contributed by atoms with van der Waals surface area (Å²) in [5, 5.41) is 7.63. The highest BCUT2D eigenvalue weighted by Gasteiger charge is 2.33. The van der Waals surface area contributed by atoms with Crippen molar-refractivity contribution in [3.63, 3.8) is 0 Å². The zero-order valence-electron chi connectivity index (χ0n) is 25.6. The van der Waals surface area contributed by atoms with Crippen LogP contribution in [0.2, 0.25) is 10.0 Å². The van der Waals surface area contributed by atoms with Crippen LogP contribution in [0.4, 0.5) is 17.2 Å². The molecule has 1 aliphatic rings. The van der Waals surface area contributed by atoms with Gasteiger partial charge in [0.2, 0.25) is 0 Å². The zero-order valence-corrected chi connectivity index (χ0v) is 27.1. The number of rotatable bonds is 9. The number of anilines is 3. The van der Waals surface area contributed by atoms with E-state index in [1.54, 1.807) is 43.7 Å². The van der Waals surface area contributed by atoms with E-state index in [0.717, 1.165) is 10.9 Å². The van der Waals surface area contributed by atoms with E-state index in [-0.39, 0.29) is 22.5 Å². The number of amides is 1. The van der Waals surface area contributed by atoms with Crippen molar-refractivity contribution in [2.45, 2.75) is 6.54 Å². The van der Waals surface area contributed by atoms with Gasteiger partial charge in [0, 0.05) is 61.8 Å². The number of ether oxygens (including phenoxy) is 1. The molecule has 3 aromatic heterocycles. The molecule has 2 N–H and O–H groups in total. The Bertz CT molecular complexity index is 2110. The topological polar surface area (TPSA) is 118 Å². The van der Waals surface area contributed by atoms with E-state index in [9.17, 15) is 14.4 Å². The lowest BCUT2D eigenvalue weighted by Gasteiger charge is -2.37. The molecule has 5 aromatic rings. The molecule has 6 rings (SSSR count). The summed E-state index contributed by atoms with van der Waals surface area (Å²) in [5.41, 5.74) is 3.95. The number of aryl methyl sites for hydroxylation is 1. The SMILES string of the molecule is C=Cc1cc(C(=O)Nc2cccc(-c3cccc(Nc4nccc5cc(CN6CC(C(=O)OC)C6)cnc45)c3Cl)c2Cl)c(=O)n(C)c1. The molecule has 1 saturated heterocycles. The van der Waals surface area contributed by atoms with Crippen LogP contribution in [-0.4, -0.2) is 51.5 Å². The summed E-state index contributed by atoms with van der Waals surface area (Å²) < 4.78 is 6.16. The number of halogens is 2. The van der Waals surface area contributed by atoms with Gasteiger partial charge < -0.3 is 19.9 Å². The first kappa shape index (κ1) is 31.9. The van der Waals surface area contributed by atoms with E-state index in [1.165, 1.54) is 17.7 Å². The number of methoxy groups -OCH3 is 1. The van der Waals surface area contributed by atoms with Crippen molar-refractivity contribution in [1.82, 2.24) is 19.4 Å². The number of fused-ring (bicyclic) bond motifs is 1. The van der Waals surface area contributed by atoms with Crippen LogP contribution in [0.5, 0.6) is 0 Å². The van der Waals surface area contributed by atoms with Crippen molar-refractivity contribution >= 4 is 69.2 Å². The average molecular weight is 670 g/mol. The maximum atomic E-state index is 13.1. The van der Waals surface area contributed by atoms with Gasteiger partial charge in [0.15, 0.2) is 5.82 Å². The minimum atomic E-state index is -0.595. The van der Waals surface area contributed by atoms with Crippen LogP contribution in [-0.2, 0) is 23.1 Å². The van der Waals surface area contributed by atoms with Crippen LogP contribution in [0.3, 0.4) is 0 Å². The summed E-state index contributed by atoms with van der Waals surface area (Å²) in [4.78, 5) is 48.9. The smallest absolute Gasteiger partial charge is 0.311 e. The summed E-state index contributed by atoms with van der Waals surface area (Å²) in [6, 6.07) is 16.1. The summed E-state index contributed by atoms with van der Waals surface area (Å²) in [6.45, 7) is 5.71. The second-order valence-corrected chi connectivity index (χ2v) is 12.0. The number of carbonyl (C=O) groups is 2. The molecular formula is C35H30Cl2N6O4. The number of esters is 1. The van der Waals surface area contributed by atoms with E-state index in [4.69, 9.17) is 32.9 Å². The van der Waals surface area contributed by atoms with Gasteiger partial charge in [-0.15, -0.1) is 0 Å². The molecular weight excluding hydrogens is 639 g/mol. The second kappa shape index (κ2) is 13.4. The number of hydrogen-bond donors (Lipinski definition) is 2. The first-order chi connectivity index (χ1) is 22.7. The van der Waals surface area contributed by atoms with Gasteiger partial charge in [0.05, 0.1) is 34.4 Å². The fourth-order valence-electron chi connectivity index (χ4n) is 5.56. The van der Waals surface area contributed by atoms with Gasteiger partial charge in [-0.05, 0) is 41.5 Å². The van der Waals surface area contributed by atoms with Gasteiger partial charge >= 0.3 is 5.97 Å². The summed E-state index contributed by atoms with van der Waals surface area (Å²) in [5.74, 6) is -0.329. The third-order valence-corrected chi connectivity index (χ3v) is 8.84. The number of likely N-dealkylation sites (tertiary alicyclic amines) is 1. The molecule has 1 amide bonds. The maximum Gasteiger partial charge on any atom is 0.311 e. The number of nitrogens with zero attached hydrogens (tertiary/aromatic N) is 4. The Balaban J connectivity index is 1.23. The Morgan fingerprint density at radius 3 is 2.45 bits per heavy atom. The molecule has 47 heavy (non-hydrogen) atoms. The molecule has 1 aliphatic heterocycles. The second-order valence-electron chi connectivity index (χ2n) is 11.2. The van der Waals surface area contributed by atoms with Crippen molar-refractivity contribution in [2.75, 3.05) is 30.8 Å². The number of nitrogens with one attached hydrogen (secondary N) is 2. The Labute approximate surface area is 280 Å². The van der Waals surface area contributed by atoms with Crippen molar-refractivity contribution in [3.8, 4) is 11.1 Å². The molecule has 0 saturated carbocycles.